The Bertz CT molecular complexity index is 448. The van der Waals surface area contributed by atoms with Gasteiger partial charge in [-0.2, -0.15) is 0 Å². The summed E-state index contributed by atoms with van der Waals surface area (Å²) in [7, 11) is 0. The molecular formula is C14H16O2. The number of fused-ring (bicyclic) bond motifs is 3. The normalized spacial score (nSPS) is 21.4. The fourth-order valence-electron chi connectivity index (χ4n) is 3.04. The molecule has 1 atom stereocenters. The predicted molar refractivity (Wildman–Crippen MR) is 63.1 cm³/mol. The Morgan fingerprint density at radius 2 is 2.31 bits per heavy atom. The highest BCUT2D eigenvalue weighted by Gasteiger charge is 2.29. The van der Waals surface area contributed by atoms with E-state index in [1.165, 1.54) is 16.7 Å². The summed E-state index contributed by atoms with van der Waals surface area (Å²) in [5.41, 5.74) is 4.25. The van der Waals surface area contributed by atoms with E-state index < -0.39 is 0 Å². The quantitative estimate of drug-likeness (QED) is 0.770. The number of hydrogen-bond acceptors (Lipinski definition) is 2. The number of benzene rings is 1. The van der Waals surface area contributed by atoms with Gasteiger partial charge < -0.3 is 9.84 Å². The lowest BCUT2D eigenvalue weighted by Crippen LogP contribution is -1.99. The molecule has 1 heterocycles. The van der Waals surface area contributed by atoms with E-state index in [-0.39, 0.29) is 0 Å². The van der Waals surface area contributed by atoms with Gasteiger partial charge >= 0.3 is 0 Å². The van der Waals surface area contributed by atoms with Crippen LogP contribution in [0.3, 0.4) is 0 Å². The summed E-state index contributed by atoms with van der Waals surface area (Å²) in [5.74, 6) is 1.80. The van der Waals surface area contributed by atoms with Crippen molar-refractivity contribution in [3.63, 3.8) is 0 Å². The van der Waals surface area contributed by atoms with Crippen molar-refractivity contribution in [2.24, 2.45) is 0 Å². The molecule has 1 aromatic rings. The second kappa shape index (κ2) is 3.55. The lowest BCUT2D eigenvalue weighted by Gasteiger charge is -2.13. The Kier molecular flexibility index (Phi) is 2.16. The summed E-state index contributed by atoms with van der Waals surface area (Å²) in [6, 6.07) is 4.27. The van der Waals surface area contributed by atoms with Crippen LogP contribution in [0.25, 0.3) is 0 Å². The summed E-state index contributed by atoms with van der Waals surface area (Å²) in [5, 5.41) is 9.36. The van der Waals surface area contributed by atoms with Crippen LogP contribution < -0.4 is 4.74 Å². The van der Waals surface area contributed by atoms with E-state index in [0.29, 0.717) is 18.1 Å². The van der Waals surface area contributed by atoms with Crippen molar-refractivity contribution in [2.75, 3.05) is 6.61 Å². The zero-order valence-electron chi connectivity index (χ0n) is 9.33. The molecule has 0 saturated heterocycles. The average molecular weight is 216 g/mol. The van der Waals surface area contributed by atoms with Gasteiger partial charge in [-0.25, -0.2) is 0 Å². The molecule has 0 aromatic heterocycles. The van der Waals surface area contributed by atoms with Crippen molar-refractivity contribution < 1.29 is 9.84 Å². The third kappa shape index (κ3) is 1.41. The summed E-state index contributed by atoms with van der Waals surface area (Å²) in [6.07, 6.45) is 3.97. The molecule has 1 aliphatic carbocycles. The fourth-order valence-corrected chi connectivity index (χ4v) is 3.04. The minimum absolute atomic E-state index is 0.300. The first kappa shape index (κ1) is 9.76. The molecule has 0 bridgehead atoms. The molecule has 1 aromatic carbocycles. The predicted octanol–water partition coefficient (Wildman–Crippen LogP) is 3.11. The van der Waals surface area contributed by atoms with Crippen LogP contribution in [0, 0.1) is 0 Å². The highest BCUT2D eigenvalue weighted by molar-refractivity contribution is 5.51. The second-order valence-electron chi connectivity index (χ2n) is 4.72. The maximum atomic E-state index is 9.36. The van der Waals surface area contributed by atoms with Crippen molar-refractivity contribution in [3.05, 3.63) is 41.2 Å². The van der Waals surface area contributed by atoms with Gasteiger partial charge in [0.2, 0.25) is 0 Å². The van der Waals surface area contributed by atoms with E-state index in [1.54, 1.807) is 0 Å². The molecule has 3 rings (SSSR count). The number of allylic oxidation sites excluding steroid dienone is 1. The lowest BCUT2D eigenvalue weighted by molar-refractivity contribution is 0.357. The van der Waals surface area contributed by atoms with Gasteiger partial charge in [0.25, 0.3) is 0 Å². The van der Waals surface area contributed by atoms with E-state index in [4.69, 9.17) is 4.74 Å². The molecule has 0 amide bonds. The fraction of sp³-hybridized carbons (Fsp3) is 0.429. The Hall–Kier alpha value is -1.44. The molecule has 0 fully saturated rings. The van der Waals surface area contributed by atoms with Gasteiger partial charge in [0.15, 0.2) is 0 Å². The van der Waals surface area contributed by atoms with Crippen molar-refractivity contribution in [3.8, 4) is 5.75 Å². The first-order chi connectivity index (χ1) is 7.75. The third-order valence-electron chi connectivity index (χ3n) is 3.67. The van der Waals surface area contributed by atoms with Crippen LogP contribution >= 0.6 is 0 Å². The van der Waals surface area contributed by atoms with Crippen LogP contribution in [-0.4, -0.2) is 11.7 Å². The summed E-state index contributed by atoms with van der Waals surface area (Å²) >= 11 is 0. The number of ether oxygens (including phenoxy) is 1. The molecule has 1 N–H and O–H groups in total. The van der Waals surface area contributed by atoms with E-state index >= 15 is 0 Å². The number of aliphatic hydroxyl groups is 1. The Morgan fingerprint density at radius 3 is 3.12 bits per heavy atom. The first-order valence-electron chi connectivity index (χ1n) is 5.90. The van der Waals surface area contributed by atoms with Crippen LogP contribution in [-0.2, 0) is 12.8 Å². The van der Waals surface area contributed by atoms with Crippen LogP contribution in [0.2, 0.25) is 0 Å². The zero-order valence-corrected chi connectivity index (χ0v) is 9.33. The molecule has 2 aliphatic rings. The van der Waals surface area contributed by atoms with Crippen molar-refractivity contribution in [1.29, 1.82) is 0 Å². The number of aryl methyl sites for hydroxylation is 1. The molecular weight excluding hydrogens is 200 g/mol. The highest BCUT2D eigenvalue weighted by Crippen LogP contribution is 2.43. The Balaban J connectivity index is 2.03. The monoisotopic (exact) mass is 216 g/mol. The van der Waals surface area contributed by atoms with Crippen LogP contribution in [0.1, 0.15) is 35.4 Å². The molecule has 84 valence electrons. The van der Waals surface area contributed by atoms with Crippen LogP contribution in [0.4, 0.5) is 0 Å². The molecule has 0 spiro atoms. The molecule has 2 heteroatoms. The molecule has 0 saturated carbocycles. The maximum absolute atomic E-state index is 9.36. The van der Waals surface area contributed by atoms with Gasteiger partial charge in [-0.3, -0.25) is 0 Å². The standard InChI is InChI=1S/C14H16O2/c1-9(15)8-11-3-2-10-4-5-13-12(14(10)11)6-7-16-13/h4-5,11,15H,1-3,6-8H2. The van der Waals surface area contributed by atoms with E-state index in [2.05, 4.69) is 18.7 Å². The maximum Gasteiger partial charge on any atom is 0.122 e. The Labute approximate surface area is 95.6 Å². The van der Waals surface area contributed by atoms with Crippen molar-refractivity contribution in [1.82, 2.24) is 0 Å². The van der Waals surface area contributed by atoms with Crippen LogP contribution in [0.5, 0.6) is 5.75 Å². The zero-order chi connectivity index (χ0) is 11.1. The van der Waals surface area contributed by atoms with E-state index in [1.807, 2.05) is 0 Å². The van der Waals surface area contributed by atoms with Gasteiger partial charge in [0, 0.05) is 18.4 Å². The van der Waals surface area contributed by atoms with Crippen molar-refractivity contribution >= 4 is 0 Å². The summed E-state index contributed by atoms with van der Waals surface area (Å²) in [4.78, 5) is 0. The SMILES string of the molecule is C=C(O)CC1CCc2ccc3c(c21)CCO3. The first-order valence-corrected chi connectivity index (χ1v) is 5.90. The van der Waals surface area contributed by atoms with Gasteiger partial charge in [0.1, 0.15) is 5.75 Å². The highest BCUT2D eigenvalue weighted by atomic mass is 16.5. The number of hydrogen-bond donors (Lipinski definition) is 1. The largest absolute Gasteiger partial charge is 0.513 e. The summed E-state index contributed by atoms with van der Waals surface area (Å²) < 4.78 is 5.59. The van der Waals surface area contributed by atoms with Gasteiger partial charge in [-0.05, 0) is 36.0 Å². The van der Waals surface area contributed by atoms with E-state index in [0.717, 1.165) is 31.6 Å². The topological polar surface area (TPSA) is 29.5 Å². The molecule has 1 aliphatic heterocycles. The van der Waals surface area contributed by atoms with Crippen molar-refractivity contribution in [2.45, 2.75) is 31.6 Å². The molecule has 1 unspecified atom stereocenters. The van der Waals surface area contributed by atoms with Crippen LogP contribution in [0.15, 0.2) is 24.5 Å². The molecule has 16 heavy (non-hydrogen) atoms. The minimum atomic E-state index is 0.300. The number of aliphatic hydroxyl groups excluding tert-OH is 1. The molecule has 0 radical (unpaired) electrons. The smallest absolute Gasteiger partial charge is 0.122 e. The Morgan fingerprint density at radius 1 is 1.44 bits per heavy atom. The average Bonchev–Trinajstić information content (AvgIpc) is 2.82. The lowest BCUT2D eigenvalue weighted by atomic mass is 9.91. The minimum Gasteiger partial charge on any atom is -0.513 e. The second-order valence-corrected chi connectivity index (χ2v) is 4.72. The number of rotatable bonds is 2. The third-order valence-corrected chi connectivity index (χ3v) is 3.67. The molecule has 2 nitrogen and oxygen atoms in total. The van der Waals surface area contributed by atoms with Gasteiger partial charge in [0.05, 0.1) is 12.4 Å². The van der Waals surface area contributed by atoms with Gasteiger partial charge in [-0.1, -0.05) is 12.6 Å². The van der Waals surface area contributed by atoms with Gasteiger partial charge in [-0.15, -0.1) is 0 Å². The summed E-state index contributed by atoms with van der Waals surface area (Å²) in [6.45, 7) is 4.41. The van der Waals surface area contributed by atoms with E-state index in [9.17, 15) is 5.11 Å².